The molecule has 1 unspecified atom stereocenters. The van der Waals surface area contributed by atoms with Crippen LogP contribution in [0, 0.1) is 18.3 Å². The maximum Gasteiger partial charge on any atom is 0.225 e. The quantitative estimate of drug-likeness (QED) is 0.779. The van der Waals surface area contributed by atoms with E-state index in [1.54, 1.807) is 6.07 Å². The molecule has 5 heteroatoms. The monoisotopic (exact) mass is 274 g/mol. The van der Waals surface area contributed by atoms with Gasteiger partial charge in [-0.2, -0.15) is 5.26 Å². The predicted octanol–water partition coefficient (Wildman–Crippen LogP) is 2.14. The van der Waals surface area contributed by atoms with Gasteiger partial charge in [-0.1, -0.05) is 6.07 Å². The van der Waals surface area contributed by atoms with Crippen molar-refractivity contribution < 1.29 is 4.79 Å². The minimum absolute atomic E-state index is 0.0466. The predicted molar refractivity (Wildman–Crippen MR) is 81.2 cm³/mol. The van der Waals surface area contributed by atoms with E-state index in [-0.39, 0.29) is 11.9 Å². The van der Waals surface area contributed by atoms with Crippen LogP contribution in [0.1, 0.15) is 25.3 Å². The normalized spacial score (nSPS) is 11.9. The molecule has 5 nitrogen and oxygen atoms in total. The number of aryl methyl sites for hydroxylation is 1. The lowest BCUT2D eigenvalue weighted by Crippen LogP contribution is -2.31. The van der Waals surface area contributed by atoms with Crippen LogP contribution in [0.25, 0.3) is 0 Å². The summed E-state index contributed by atoms with van der Waals surface area (Å²) in [4.78, 5) is 13.9. The van der Waals surface area contributed by atoms with Crippen LogP contribution in [0.2, 0.25) is 0 Å². The van der Waals surface area contributed by atoms with Gasteiger partial charge >= 0.3 is 0 Å². The van der Waals surface area contributed by atoms with Crippen molar-refractivity contribution in [1.82, 2.24) is 4.90 Å². The highest BCUT2D eigenvalue weighted by atomic mass is 16.1. The molecule has 20 heavy (non-hydrogen) atoms. The van der Waals surface area contributed by atoms with Crippen molar-refractivity contribution in [3.8, 4) is 6.07 Å². The molecule has 0 saturated heterocycles. The van der Waals surface area contributed by atoms with Gasteiger partial charge in [0.05, 0.1) is 12.5 Å². The summed E-state index contributed by atoms with van der Waals surface area (Å²) < 4.78 is 0. The number of nitrogens with zero attached hydrogens (tertiary/aromatic N) is 2. The number of nitrogens with two attached hydrogens (primary N) is 1. The Kier molecular flexibility index (Phi) is 6.01. The van der Waals surface area contributed by atoms with E-state index in [1.807, 2.05) is 37.9 Å². The van der Waals surface area contributed by atoms with E-state index in [0.717, 1.165) is 11.3 Å². The van der Waals surface area contributed by atoms with Crippen LogP contribution in [0.5, 0.6) is 0 Å². The Morgan fingerprint density at radius 3 is 2.90 bits per heavy atom. The molecule has 0 heterocycles. The smallest absolute Gasteiger partial charge is 0.225 e. The third-order valence-corrected chi connectivity index (χ3v) is 3.37. The Hall–Kier alpha value is -2.06. The van der Waals surface area contributed by atoms with E-state index in [2.05, 4.69) is 11.4 Å². The molecule has 0 aliphatic rings. The van der Waals surface area contributed by atoms with Crippen LogP contribution in [-0.4, -0.2) is 30.4 Å². The van der Waals surface area contributed by atoms with Crippen molar-refractivity contribution in [1.29, 1.82) is 5.26 Å². The van der Waals surface area contributed by atoms with Gasteiger partial charge < -0.3 is 16.0 Å². The lowest BCUT2D eigenvalue weighted by Gasteiger charge is -2.22. The number of nitrogen functional groups attached to an aromatic ring is 1. The molecule has 1 rings (SSSR count). The third-order valence-electron chi connectivity index (χ3n) is 3.37. The van der Waals surface area contributed by atoms with E-state index in [9.17, 15) is 4.79 Å². The van der Waals surface area contributed by atoms with E-state index in [0.29, 0.717) is 25.1 Å². The van der Waals surface area contributed by atoms with E-state index in [1.165, 1.54) is 0 Å². The average molecular weight is 274 g/mol. The molecule has 108 valence electrons. The number of carbonyl (C=O) groups excluding carboxylic acids is 1. The average Bonchev–Trinajstić information content (AvgIpc) is 2.40. The SMILES string of the molecule is Cc1ccc(N)cc1NC(=O)CCN(C)C(C)CC#N. The largest absolute Gasteiger partial charge is 0.399 e. The third kappa shape index (κ3) is 4.90. The summed E-state index contributed by atoms with van der Waals surface area (Å²) in [5, 5.41) is 11.5. The summed E-state index contributed by atoms with van der Waals surface area (Å²) in [6.07, 6.45) is 0.854. The molecule has 0 aliphatic carbocycles. The number of hydrogen-bond donors (Lipinski definition) is 2. The van der Waals surface area contributed by atoms with Gasteiger partial charge in [0.15, 0.2) is 0 Å². The van der Waals surface area contributed by atoms with Gasteiger partial charge in [-0.3, -0.25) is 4.79 Å². The van der Waals surface area contributed by atoms with Crippen LogP contribution >= 0.6 is 0 Å². The molecular weight excluding hydrogens is 252 g/mol. The Morgan fingerprint density at radius 1 is 1.55 bits per heavy atom. The summed E-state index contributed by atoms with van der Waals surface area (Å²) >= 11 is 0. The number of rotatable bonds is 6. The second-order valence-corrected chi connectivity index (χ2v) is 5.06. The number of anilines is 2. The second kappa shape index (κ2) is 7.51. The molecule has 0 bridgehead atoms. The van der Waals surface area contributed by atoms with Crippen molar-refractivity contribution in [2.24, 2.45) is 0 Å². The fourth-order valence-electron chi connectivity index (χ4n) is 1.77. The molecule has 1 amide bonds. The topological polar surface area (TPSA) is 82.2 Å². The summed E-state index contributed by atoms with van der Waals surface area (Å²) in [5.41, 5.74) is 8.08. The summed E-state index contributed by atoms with van der Waals surface area (Å²) in [5.74, 6) is -0.0466. The van der Waals surface area contributed by atoms with Crippen molar-refractivity contribution in [2.45, 2.75) is 32.7 Å². The van der Waals surface area contributed by atoms with Gasteiger partial charge in [-0.15, -0.1) is 0 Å². The number of carbonyl (C=O) groups is 1. The van der Waals surface area contributed by atoms with Crippen LogP contribution < -0.4 is 11.1 Å². The molecule has 0 spiro atoms. The summed E-state index contributed by atoms with van der Waals surface area (Å²) in [6.45, 7) is 4.52. The van der Waals surface area contributed by atoms with Crippen LogP contribution in [0.3, 0.4) is 0 Å². The maximum absolute atomic E-state index is 11.9. The highest BCUT2D eigenvalue weighted by Gasteiger charge is 2.11. The zero-order valence-electron chi connectivity index (χ0n) is 12.3. The van der Waals surface area contributed by atoms with Crippen molar-refractivity contribution in [3.05, 3.63) is 23.8 Å². The molecule has 0 fully saturated rings. The van der Waals surface area contributed by atoms with Gasteiger partial charge in [0.25, 0.3) is 0 Å². The number of hydrogen-bond acceptors (Lipinski definition) is 4. The molecule has 0 radical (unpaired) electrons. The molecule has 1 aromatic carbocycles. The van der Waals surface area contributed by atoms with E-state index >= 15 is 0 Å². The molecule has 0 aliphatic heterocycles. The van der Waals surface area contributed by atoms with Gasteiger partial charge in [0, 0.05) is 30.4 Å². The number of nitrogens with one attached hydrogen (secondary N) is 1. The molecule has 0 aromatic heterocycles. The van der Waals surface area contributed by atoms with Gasteiger partial charge in [-0.05, 0) is 38.6 Å². The fraction of sp³-hybridized carbons (Fsp3) is 0.467. The molecule has 1 atom stereocenters. The molecule has 3 N–H and O–H groups in total. The number of nitriles is 1. The van der Waals surface area contributed by atoms with Gasteiger partial charge in [0.2, 0.25) is 5.91 Å². The second-order valence-electron chi connectivity index (χ2n) is 5.06. The molecular formula is C15H22N4O. The first-order valence-corrected chi connectivity index (χ1v) is 6.67. The van der Waals surface area contributed by atoms with Crippen LogP contribution in [0.15, 0.2) is 18.2 Å². The lowest BCUT2D eigenvalue weighted by molar-refractivity contribution is -0.116. The first-order valence-electron chi connectivity index (χ1n) is 6.67. The van der Waals surface area contributed by atoms with Gasteiger partial charge in [-0.25, -0.2) is 0 Å². The minimum atomic E-state index is -0.0466. The van der Waals surface area contributed by atoms with E-state index < -0.39 is 0 Å². The molecule has 1 aromatic rings. The van der Waals surface area contributed by atoms with E-state index in [4.69, 9.17) is 11.0 Å². The maximum atomic E-state index is 11.9. The number of benzene rings is 1. The first kappa shape index (κ1) is 16.0. The summed E-state index contributed by atoms with van der Waals surface area (Å²) in [6, 6.07) is 7.74. The van der Waals surface area contributed by atoms with Crippen LogP contribution in [0.4, 0.5) is 11.4 Å². The van der Waals surface area contributed by atoms with Crippen molar-refractivity contribution in [2.75, 3.05) is 24.6 Å². The minimum Gasteiger partial charge on any atom is -0.399 e. The fourth-order valence-corrected chi connectivity index (χ4v) is 1.77. The van der Waals surface area contributed by atoms with Crippen LogP contribution in [-0.2, 0) is 4.79 Å². The molecule has 0 saturated carbocycles. The Labute approximate surface area is 120 Å². The van der Waals surface area contributed by atoms with Crippen molar-refractivity contribution >= 4 is 17.3 Å². The Bertz CT molecular complexity index is 507. The Morgan fingerprint density at radius 2 is 2.25 bits per heavy atom. The Balaban J connectivity index is 2.48. The highest BCUT2D eigenvalue weighted by Crippen LogP contribution is 2.18. The summed E-state index contributed by atoms with van der Waals surface area (Å²) in [7, 11) is 1.92. The lowest BCUT2D eigenvalue weighted by atomic mass is 10.1. The number of amides is 1. The first-order chi connectivity index (χ1) is 9.43. The van der Waals surface area contributed by atoms with Crippen molar-refractivity contribution in [3.63, 3.8) is 0 Å². The zero-order chi connectivity index (χ0) is 15.1. The van der Waals surface area contributed by atoms with Gasteiger partial charge in [0.1, 0.15) is 0 Å². The highest BCUT2D eigenvalue weighted by molar-refractivity contribution is 5.92. The zero-order valence-corrected chi connectivity index (χ0v) is 12.3. The standard InChI is InChI=1S/C15H22N4O/c1-11-4-5-13(17)10-14(11)18-15(20)7-9-19(3)12(2)6-8-16/h4-5,10,12H,6-7,9,17H2,1-3H3,(H,18,20).